The van der Waals surface area contributed by atoms with E-state index in [0.717, 1.165) is 27.9 Å². The van der Waals surface area contributed by atoms with E-state index in [4.69, 9.17) is 4.74 Å². The molecule has 0 spiro atoms. The molecule has 0 N–H and O–H groups in total. The topological polar surface area (TPSA) is 52.1 Å². The van der Waals surface area contributed by atoms with Gasteiger partial charge in [-0.05, 0) is 42.0 Å². The van der Waals surface area contributed by atoms with E-state index in [1.807, 2.05) is 54.6 Å². The van der Waals surface area contributed by atoms with Gasteiger partial charge in [0.1, 0.15) is 12.4 Å². The molecular formula is C23H18N2O2. The minimum absolute atomic E-state index is 0.0754. The van der Waals surface area contributed by atoms with Crippen molar-refractivity contribution in [1.82, 2.24) is 9.97 Å². The van der Waals surface area contributed by atoms with Crippen LogP contribution in [-0.2, 0) is 13.0 Å². The lowest BCUT2D eigenvalue weighted by Crippen LogP contribution is -2.03. The molecule has 4 rings (SSSR count). The van der Waals surface area contributed by atoms with Crippen LogP contribution in [0.5, 0.6) is 5.75 Å². The molecule has 4 aromatic rings. The number of ketones is 1. The number of Topliss-reactive ketones (excluding diaryl/α,β-unsaturated/α-hetero) is 1. The third-order valence-corrected chi connectivity index (χ3v) is 4.33. The molecule has 2 aromatic heterocycles. The number of nitrogens with zero attached hydrogens (tertiary/aromatic N) is 2. The molecule has 0 unspecified atom stereocenters. The van der Waals surface area contributed by atoms with Crippen LogP contribution in [0.3, 0.4) is 0 Å². The lowest BCUT2D eigenvalue weighted by molar-refractivity contribution is 0.0993. The number of para-hydroxylation sites is 1. The Kier molecular flexibility index (Phi) is 4.88. The van der Waals surface area contributed by atoms with Crippen molar-refractivity contribution in [3.05, 3.63) is 102 Å². The number of fused-ring (bicyclic) bond motifs is 1. The number of aromatic nitrogens is 2. The lowest BCUT2D eigenvalue weighted by atomic mass is 10.0. The molecule has 0 saturated carbocycles. The molecule has 0 aliphatic carbocycles. The molecule has 0 aliphatic heterocycles. The van der Waals surface area contributed by atoms with Gasteiger partial charge in [-0.15, -0.1) is 0 Å². The minimum Gasteiger partial charge on any atom is -0.487 e. The molecule has 0 radical (unpaired) electrons. The molecule has 0 fully saturated rings. The Labute approximate surface area is 157 Å². The molecule has 132 valence electrons. The predicted octanol–water partition coefficient (Wildman–Crippen LogP) is 4.63. The fourth-order valence-corrected chi connectivity index (χ4v) is 2.87. The zero-order valence-electron chi connectivity index (χ0n) is 14.7. The van der Waals surface area contributed by atoms with Crippen LogP contribution in [0.4, 0.5) is 0 Å². The first-order valence-corrected chi connectivity index (χ1v) is 8.77. The Hall–Kier alpha value is -3.53. The Morgan fingerprint density at radius 2 is 1.63 bits per heavy atom. The van der Waals surface area contributed by atoms with Crippen LogP contribution in [0.2, 0.25) is 0 Å². The van der Waals surface area contributed by atoms with Gasteiger partial charge in [0.05, 0.1) is 11.2 Å². The standard InChI is InChI=1S/C23H18N2O2/c26-23(19-11-13-24-14-12-19)15-17-5-9-21(10-6-17)27-16-20-8-7-18-3-1-2-4-22(18)25-20/h1-14H,15-16H2. The van der Waals surface area contributed by atoms with Crippen LogP contribution >= 0.6 is 0 Å². The van der Waals surface area contributed by atoms with Crippen LogP contribution in [0.15, 0.2) is 85.2 Å². The second-order valence-electron chi connectivity index (χ2n) is 6.26. The Bertz CT molecular complexity index is 1060. The third-order valence-electron chi connectivity index (χ3n) is 4.33. The summed E-state index contributed by atoms with van der Waals surface area (Å²) < 4.78 is 5.83. The molecule has 0 saturated heterocycles. The van der Waals surface area contributed by atoms with Crippen LogP contribution in [-0.4, -0.2) is 15.8 Å². The average Bonchev–Trinajstić information content (AvgIpc) is 2.74. The van der Waals surface area contributed by atoms with Gasteiger partial charge in [-0.1, -0.05) is 36.4 Å². The fraction of sp³-hybridized carbons (Fsp3) is 0.0870. The molecule has 2 heterocycles. The van der Waals surface area contributed by atoms with Crippen molar-refractivity contribution >= 4 is 16.7 Å². The molecule has 2 aromatic carbocycles. The molecule has 0 aliphatic rings. The number of rotatable bonds is 6. The predicted molar refractivity (Wildman–Crippen MR) is 105 cm³/mol. The van der Waals surface area contributed by atoms with Crippen molar-refractivity contribution in [1.29, 1.82) is 0 Å². The number of benzene rings is 2. The van der Waals surface area contributed by atoms with E-state index in [9.17, 15) is 4.79 Å². The summed E-state index contributed by atoms with van der Waals surface area (Å²) in [6.45, 7) is 0.403. The molecule has 0 bridgehead atoms. The third kappa shape index (κ3) is 4.18. The SMILES string of the molecule is O=C(Cc1ccc(OCc2ccc3ccccc3n2)cc1)c1ccncc1. The van der Waals surface area contributed by atoms with Gasteiger partial charge < -0.3 is 4.74 Å². The van der Waals surface area contributed by atoms with Gasteiger partial charge in [-0.2, -0.15) is 0 Å². The first kappa shape index (κ1) is 16.9. The normalized spacial score (nSPS) is 10.7. The van der Waals surface area contributed by atoms with Crippen molar-refractivity contribution in [2.24, 2.45) is 0 Å². The van der Waals surface area contributed by atoms with E-state index in [1.165, 1.54) is 0 Å². The summed E-state index contributed by atoms with van der Waals surface area (Å²) in [6, 6.07) is 23.1. The van der Waals surface area contributed by atoms with E-state index in [-0.39, 0.29) is 5.78 Å². The summed E-state index contributed by atoms with van der Waals surface area (Å²) in [6.07, 6.45) is 3.62. The maximum absolute atomic E-state index is 12.2. The molecule has 4 nitrogen and oxygen atoms in total. The second-order valence-corrected chi connectivity index (χ2v) is 6.26. The van der Waals surface area contributed by atoms with Crippen LogP contribution in [0.1, 0.15) is 21.6 Å². The Morgan fingerprint density at radius 3 is 2.44 bits per heavy atom. The Balaban J connectivity index is 1.38. The summed E-state index contributed by atoms with van der Waals surface area (Å²) >= 11 is 0. The number of hydrogen-bond donors (Lipinski definition) is 0. The Morgan fingerprint density at radius 1 is 0.852 bits per heavy atom. The molecule has 27 heavy (non-hydrogen) atoms. The highest BCUT2D eigenvalue weighted by Crippen LogP contribution is 2.17. The van der Waals surface area contributed by atoms with Gasteiger partial charge in [0, 0.05) is 29.8 Å². The number of carbonyl (C=O) groups excluding carboxylic acids is 1. The minimum atomic E-state index is 0.0754. The fourth-order valence-electron chi connectivity index (χ4n) is 2.87. The van der Waals surface area contributed by atoms with Crippen LogP contribution < -0.4 is 4.74 Å². The van der Waals surface area contributed by atoms with Crippen molar-refractivity contribution in [2.45, 2.75) is 13.0 Å². The van der Waals surface area contributed by atoms with Gasteiger partial charge in [-0.3, -0.25) is 9.78 Å². The number of ether oxygens (including phenoxy) is 1. The van der Waals surface area contributed by atoms with Crippen LogP contribution in [0.25, 0.3) is 10.9 Å². The zero-order valence-corrected chi connectivity index (χ0v) is 14.7. The summed E-state index contributed by atoms with van der Waals surface area (Å²) in [5.41, 5.74) is 3.47. The highest BCUT2D eigenvalue weighted by Gasteiger charge is 2.07. The summed E-state index contributed by atoms with van der Waals surface area (Å²) in [7, 11) is 0. The lowest BCUT2D eigenvalue weighted by Gasteiger charge is -2.08. The highest BCUT2D eigenvalue weighted by atomic mass is 16.5. The maximum Gasteiger partial charge on any atom is 0.167 e. The largest absolute Gasteiger partial charge is 0.487 e. The monoisotopic (exact) mass is 354 g/mol. The maximum atomic E-state index is 12.2. The molecule has 0 atom stereocenters. The van der Waals surface area contributed by atoms with Crippen molar-refractivity contribution in [3.8, 4) is 5.75 Å². The van der Waals surface area contributed by atoms with Gasteiger partial charge in [0.25, 0.3) is 0 Å². The quantitative estimate of drug-likeness (QED) is 0.474. The van der Waals surface area contributed by atoms with E-state index in [1.54, 1.807) is 24.5 Å². The molecule has 0 amide bonds. The van der Waals surface area contributed by atoms with Crippen molar-refractivity contribution in [2.75, 3.05) is 0 Å². The smallest absolute Gasteiger partial charge is 0.167 e. The van der Waals surface area contributed by atoms with Gasteiger partial charge in [-0.25, -0.2) is 4.98 Å². The summed E-state index contributed by atoms with van der Waals surface area (Å²) in [5, 5.41) is 1.12. The molecule has 4 heteroatoms. The van der Waals surface area contributed by atoms with Gasteiger partial charge in [0.15, 0.2) is 5.78 Å². The van der Waals surface area contributed by atoms with Gasteiger partial charge >= 0.3 is 0 Å². The van der Waals surface area contributed by atoms with Gasteiger partial charge in [0.2, 0.25) is 0 Å². The molecular weight excluding hydrogens is 336 g/mol. The van der Waals surface area contributed by atoms with Crippen molar-refractivity contribution in [3.63, 3.8) is 0 Å². The van der Waals surface area contributed by atoms with E-state index < -0.39 is 0 Å². The first-order valence-electron chi connectivity index (χ1n) is 8.77. The summed E-state index contributed by atoms with van der Waals surface area (Å²) in [4.78, 5) is 20.8. The van der Waals surface area contributed by atoms with E-state index in [0.29, 0.717) is 18.6 Å². The average molecular weight is 354 g/mol. The van der Waals surface area contributed by atoms with Crippen LogP contribution in [0, 0.1) is 0 Å². The summed E-state index contributed by atoms with van der Waals surface area (Å²) in [5.74, 6) is 0.830. The van der Waals surface area contributed by atoms with E-state index in [2.05, 4.69) is 16.0 Å². The second kappa shape index (κ2) is 7.79. The first-order chi connectivity index (χ1) is 13.3. The van der Waals surface area contributed by atoms with Crippen molar-refractivity contribution < 1.29 is 9.53 Å². The number of hydrogen-bond acceptors (Lipinski definition) is 4. The zero-order chi connectivity index (χ0) is 18.5. The number of pyridine rings is 2. The number of carbonyl (C=O) groups is 1. The highest BCUT2D eigenvalue weighted by molar-refractivity contribution is 5.97. The van der Waals surface area contributed by atoms with E-state index >= 15 is 0 Å².